The summed E-state index contributed by atoms with van der Waals surface area (Å²) in [5.74, 6) is -0.0302. The number of fused-ring (bicyclic) bond motifs is 1. The number of nitrogens with zero attached hydrogens (tertiary/aromatic N) is 1. The number of halogens is 3. The summed E-state index contributed by atoms with van der Waals surface area (Å²) in [4.78, 5) is 13.6. The maximum Gasteiger partial charge on any atom is 0.416 e. The second-order valence-electron chi connectivity index (χ2n) is 6.54. The first-order valence-corrected chi connectivity index (χ1v) is 7.49. The molecule has 2 aliphatic heterocycles. The largest absolute Gasteiger partial charge is 0.485 e. The van der Waals surface area contributed by atoms with Crippen LogP contribution in [0.5, 0.6) is 5.75 Å². The van der Waals surface area contributed by atoms with Crippen LogP contribution in [0.4, 0.5) is 13.2 Å². The minimum Gasteiger partial charge on any atom is -0.485 e. The van der Waals surface area contributed by atoms with Gasteiger partial charge in [-0.15, -0.1) is 0 Å². The van der Waals surface area contributed by atoms with Crippen LogP contribution in [0.25, 0.3) is 0 Å². The van der Waals surface area contributed by atoms with Crippen LogP contribution < -0.4 is 4.74 Å². The quantitative estimate of drug-likeness (QED) is 0.862. The Bertz CT molecular complexity index is 642. The summed E-state index contributed by atoms with van der Waals surface area (Å²) in [6, 6.07) is 2.51. The molecule has 23 heavy (non-hydrogen) atoms. The number of hydrogen-bond acceptors (Lipinski definition) is 3. The highest BCUT2D eigenvalue weighted by Gasteiger charge is 2.48. The van der Waals surface area contributed by atoms with E-state index >= 15 is 0 Å². The predicted molar refractivity (Wildman–Crippen MR) is 75.8 cm³/mol. The van der Waals surface area contributed by atoms with Crippen LogP contribution in [0, 0.1) is 0 Å². The lowest BCUT2D eigenvalue weighted by atomic mass is 9.85. The van der Waals surface area contributed by atoms with Gasteiger partial charge in [-0.2, -0.15) is 13.2 Å². The molecule has 1 aromatic rings. The maximum atomic E-state index is 12.9. The average molecular weight is 329 g/mol. The second kappa shape index (κ2) is 5.12. The zero-order valence-electron chi connectivity index (χ0n) is 12.9. The maximum absolute atomic E-state index is 12.9. The zero-order valence-corrected chi connectivity index (χ0v) is 12.9. The van der Waals surface area contributed by atoms with Crippen molar-refractivity contribution in [1.29, 1.82) is 0 Å². The number of alkyl halides is 3. The molecular formula is C16H18F3NO3. The zero-order chi connectivity index (χ0) is 17.0. The Morgan fingerprint density at radius 2 is 2.04 bits per heavy atom. The van der Waals surface area contributed by atoms with E-state index in [-0.39, 0.29) is 11.7 Å². The van der Waals surface area contributed by atoms with Gasteiger partial charge >= 0.3 is 6.18 Å². The van der Waals surface area contributed by atoms with Gasteiger partial charge in [0.15, 0.2) is 0 Å². The number of aliphatic hydroxyl groups excluding tert-OH is 1. The van der Waals surface area contributed by atoms with Crippen LogP contribution >= 0.6 is 0 Å². The summed E-state index contributed by atoms with van der Waals surface area (Å²) in [5.41, 5.74) is -1.49. The summed E-state index contributed by atoms with van der Waals surface area (Å²) >= 11 is 0. The third kappa shape index (κ3) is 2.67. The highest BCUT2D eigenvalue weighted by molar-refractivity contribution is 5.79. The predicted octanol–water partition coefficient (Wildman–Crippen LogP) is 2.90. The van der Waals surface area contributed by atoms with Crippen molar-refractivity contribution in [3.8, 4) is 5.75 Å². The van der Waals surface area contributed by atoms with E-state index < -0.39 is 29.5 Å². The Hall–Kier alpha value is -1.76. The molecule has 0 bridgehead atoms. The number of rotatable bonds is 1. The molecule has 0 saturated carbocycles. The molecule has 7 heteroatoms. The minimum absolute atomic E-state index is 0.0693. The van der Waals surface area contributed by atoms with E-state index in [0.717, 1.165) is 12.1 Å². The van der Waals surface area contributed by atoms with E-state index in [4.69, 9.17) is 4.74 Å². The third-order valence-corrected chi connectivity index (χ3v) is 4.49. The van der Waals surface area contributed by atoms with Crippen molar-refractivity contribution in [3.63, 3.8) is 0 Å². The van der Waals surface area contributed by atoms with Gasteiger partial charge in [0.05, 0.1) is 11.6 Å². The summed E-state index contributed by atoms with van der Waals surface area (Å²) in [5, 5.41) is 10.6. The fourth-order valence-electron chi connectivity index (χ4n) is 3.24. The fraction of sp³-hybridized carbons (Fsp3) is 0.562. The first-order valence-electron chi connectivity index (χ1n) is 7.49. The number of ether oxygens (including phenoxy) is 1. The number of carbonyl (C=O) groups is 1. The molecule has 3 rings (SSSR count). The molecule has 2 aliphatic rings. The van der Waals surface area contributed by atoms with Crippen molar-refractivity contribution >= 4 is 5.91 Å². The lowest BCUT2D eigenvalue weighted by Gasteiger charge is -2.45. The molecule has 2 heterocycles. The van der Waals surface area contributed by atoms with Crippen molar-refractivity contribution in [2.45, 2.75) is 50.6 Å². The van der Waals surface area contributed by atoms with Crippen LogP contribution in [-0.4, -0.2) is 34.2 Å². The van der Waals surface area contributed by atoms with Crippen LogP contribution in [0.1, 0.15) is 43.9 Å². The van der Waals surface area contributed by atoms with E-state index in [2.05, 4.69) is 0 Å². The lowest BCUT2D eigenvalue weighted by molar-refractivity contribution is -0.142. The van der Waals surface area contributed by atoms with Crippen LogP contribution in [0.2, 0.25) is 0 Å². The SMILES string of the molecule is CC1(C)Oc2cc(C(F)(F)F)ccc2[C@@H](N2CCCC2=O)[C@@H]1O. The smallest absolute Gasteiger partial charge is 0.416 e. The average Bonchev–Trinajstić information content (AvgIpc) is 2.84. The molecule has 0 spiro atoms. The molecule has 1 amide bonds. The number of benzene rings is 1. The van der Waals surface area contributed by atoms with Crippen LogP contribution in [0.15, 0.2) is 18.2 Å². The molecule has 1 N–H and O–H groups in total. The topological polar surface area (TPSA) is 49.8 Å². The molecule has 0 radical (unpaired) electrons. The molecule has 1 aromatic carbocycles. The molecule has 4 nitrogen and oxygen atoms in total. The van der Waals surface area contributed by atoms with Gasteiger partial charge in [0, 0.05) is 18.5 Å². The van der Waals surface area contributed by atoms with E-state index in [9.17, 15) is 23.1 Å². The Morgan fingerprint density at radius 3 is 2.61 bits per heavy atom. The van der Waals surface area contributed by atoms with Crippen molar-refractivity contribution in [1.82, 2.24) is 4.90 Å². The van der Waals surface area contributed by atoms with Gasteiger partial charge in [0.25, 0.3) is 0 Å². The van der Waals surface area contributed by atoms with Gasteiger partial charge in [-0.3, -0.25) is 4.79 Å². The highest BCUT2D eigenvalue weighted by atomic mass is 19.4. The minimum atomic E-state index is -4.47. The number of hydrogen-bond donors (Lipinski definition) is 1. The van der Waals surface area contributed by atoms with E-state index in [0.29, 0.717) is 24.9 Å². The third-order valence-electron chi connectivity index (χ3n) is 4.49. The molecule has 1 saturated heterocycles. The first kappa shape index (κ1) is 16.1. The van der Waals surface area contributed by atoms with Gasteiger partial charge in [-0.25, -0.2) is 0 Å². The summed E-state index contributed by atoms with van der Waals surface area (Å²) < 4.78 is 44.4. The monoisotopic (exact) mass is 329 g/mol. The van der Waals surface area contributed by atoms with Gasteiger partial charge < -0.3 is 14.7 Å². The van der Waals surface area contributed by atoms with Gasteiger partial charge in [0.1, 0.15) is 17.5 Å². The van der Waals surface area contributed by atoms with E-state index in [1.807, 2.05) is 0 Å². The molecule has 2 atom stereocenters. The van der Waals surface area contributed by atoms with Crippen LogP contribution in [0.3, 0.4) is 0 Å². The standard InChI is InChI=1S/C16H18F3NO3/c1-15(2)14(22)13(20-7-3-4-12(20)21)10-6-5-9(16(17,18)19)8-11(10)23-15/h5-6,8,13-14,22H,3-4,7H2,1-2H3/t13-,14+/m1/s1. The van der Waals surface area contributed by atoms with Gasteiger partial charge in [-0.1, -0.05) is 6.07 Å². The van der Waals surface area contributed by atoms with Crippen molar-refractivity contribution in [2.24, 2.45) is 0 Å². The molecular weight excluding hydrogens is 311 g/mol. The van der Waals surface area contributed by atoms with Crippen molar-refractivity contribution < 1.29 is 27.8 Å². The fourth-order valence-corrected chi connectivity index (χ4v) is 3.24. The van der Waals surface area contributed by atoms with Gasteiger partial charge in [-0.05, 0) is 32.4 Å². The molecule has 126 valence electrons. The molecule has 0 unspecified atom stereocenters. The molecule has 1 fully saturated rings. The molecule has 0 aromatic heterocycles. The van der Waals surface area contributed by atoms with E-state index in [1.165, 1.54) is 6.07 Å². The summed E-state index contributed by atoms with van der Waals surface area (Å²) in [6.07, 6.45) is -4.43. The van der Waals surface area contributed by atoms with Crippen LogP contribution in [-0.2, 0) is 11.0 Å². The summed E-state index contributed by atoms with van der Waals surface area (Å²) in [6.45, 7) is 3.69. The number of amides is 1. The second-order valence-corrected chi connectivity index (χ2v) is 6.54. The molecule has 0 aliphatic carbocycles. The highest BCUT2D eigenvalue weighted by Crippen LogP contribution is 2.45. The van der Waals surface area contributed by atoms with Gasteiger partial charge in [0.2, 0.25) is 5.91 Å². The lowest BCUT2D eigenvalue weighted by Crippen LogP contribution is -2.53. The number of likely N-dealkylation sites (tertiary alicyclic amines) is 1. The number of carbonyl (C=O) groups excluding carboxylic acids is 1. The Kier molecular flexibility index (Phi) is 3.59. The normalized spacial score (nSPS) is 26.9. The van der Waals surface area contributed by atoms with Crippen molar-refractivity contribution in [3.05, 3.63) is 29.3 Å². The summed E-state index contributed by atoms with van der Waals surface area (Å²) in [7, 11) is 0. The van der Waals surface area contributed by atoms with E-state index in [1.54, 1.807) is 18.7 Å². The number of aliphatic hydroxyl groups is 1. The van der Waals surface area contributed by atoms with Crippen molar-refractivity contribution in [2.75, 3.05) is 6.54 Å². The first-order chi connectivity index (χ1) is 10.6. The Balaban J connectivity index is 2.09. The Labute approximate surface area is 131 Å². The Morgan fingerprint density at radius 1 is 1.35 bits per heavy atom.